The molecule has 0 spiro atoms. The third-order valence-electron chi connectivity index (χ3n) is 6.12. The second-order valence-electron chi connectivity index (χ2n) is 8.34. The van der Waals surface area contributed by atoms with Crippen LogP contribution in [0.4, 0.5) is 0 Å². The van der Waals surface area contributed by atoms with Crippen LogP contribution in [0, 0.1) is 5.41 Å². The van der Waals surface area contributed by atoms with Gasteiger partial charge in [-0.15, -0.1) is 0 Å². The predicted molar refractivity (Wildman–Crippen MR) is 130 cm³/mol. The van der Waals surface area contributed by atoms with Gasteiger partial charge in [-0.2, -0.15) is 0 Å². The lowest BCUT2D eigenvalue weighted by Crippen LogP contribution is -2.37. The first-order chi connectivity index (χ1) is 15.5. The second kappa shape index (κ2) is 11.2. The van der Waals surface area contributed by atoms with Gasteiger partial charge < -0.3 is 9.47 Å². The first kappa shape index (κ1) is 23.9. The Kier molecular flexibility index (Phi) is 8.35. The van der Waals surface area contributed by atoms with Crippen LogP contribution < -0.4 is 4.74 Å². The Morgan fingerprint density at radius 1 is 0.938 bits per heavy atom. The summed E-state index contributed by atoms with van der Waals surface area (Å²) in [6.07, 6.45) is 1.75. The Morgan fingerprint density at radius 2 is 1.53 bits per heavy atom. The fraction of sp³-hybridized carbons (Fsp3) is 0.321. The highest BCUT2D eigenvalue weighted by Crippen LogP contribution is 2.44. The van der Waals surface area contributed by atoms with E-state index < -0.39 is 11.7 Å². The van der Waals surface area contributed by atoms with Gasteiger partial charge in [-0.05, 0) is 43.0 Å². The van der Waals surface area contributed by atoms with Crippen LogP contribution in [0.15, 0.2) is 84.9 Å². The minimum Gasteiger partial charge on any atom is -0.450 e. The molecule has 3 unspecified atom stereocenters. The number of unbranched alkanes of at least 4 members (excludes halogenated alkanes) is 1. The van der Waals surface area contributed by atoms with Crippen molar-refractivity contribution in [2.24, 2.45) is 5.41 Å². The number of carbonyl (C=O) groups is 1. The number of rotatable bonds is 10. The third-order valence-corrected chi connectivity index (χ3v) is 6.46. The molecule has 0 radical (unpaired) electrons. The van der Waals surface area contributed by atoms with E-state index in [2.05, 4.69) is 6.92 Å². The van der Waals surface area contributed by atoms with Crippen LogP contribution in [0.5, 0.6) is 5.75 Å². The van der Waals surface area contributed by atoms with Gasteiger partial charge in [0, 0.05) is 10.6 Å². The lowest BCUT2D eigenvalue weighted by molar-refractivity contribution is -0.178. The first-order valence-corrected chi connectivity index (χ1v) is 11.6. The Bertz CT molecular complexity index is 990. The van der Waals surface area contributed by atoms with Crippen molar-refractivity contribution in [3.8, 4) is 5.75 Å². The smallest absolute Gasteiger partial charge is 0.315 e. The molecule has 0 aliphatic rings. The fourth-order valence-corrected chi connectivity index (χ4v) is 4.13. The van der Waals surface area contributed by atoms with E-state index in [9.17, 15) is 4.79 Å². The molecule has 0 aliphatic heterocycles. The van der Waals surface area contributed by atoms with E-state index in [1.165, 1.54) is 0 Å². The summed E-state index contributed by atoms with van der Waals surface area (Å²) in [5.74, 6) is 0.232. The number of benzene rings is 3. The quantitative estimate of drug-likeness (QED) is 0.232. The highest BCUT2D eigenvalue weighted by molar-refractivity contribution is 6.31. The van der Waals surface area contributed by atoms with E-state index in [-0.39, 0.29) is 11.9 Å². The molecule has 0 saturated carbocycles. The van der Waals surface area contributed by atoms with E-state index in [1.807, 2.05) is 98.8 Å². The van der Waals surface area contributed by atoms with Crippen LogP contribution >= 0.6 is 11.6 Å². The van der Waals surface area contributed by atoms with Crippen molar-refractivity contribution in [2.45, 2.75) is 52.2 Å². The SMILES string of the molecule is CCCCC(C)(C(=O)OC(Oc1ccccc1)c1ccccc1)C(C)c1ccccc1Cl. The molecule has 0 bridgehead atoms. The third kappa shape index (κ3) is 5.72. The summed E-state index contributed by atoms with van der Waals surface area (Å²) in [5, 5.41) is 0.663. The summed E-state index contributed by atoms with van der Waals surface area (Å²) >= 11 is 6.50. The van der Waals surface area contributed by atoms with Crippen molar-refractivity contribution >= 4 is 17.6 Å². The van der Waals surface area contributed by atoms with Crippen molar-refractivity contribution in [1.82, 2.24) is 0 Å². The van der Waals surface area contributed by atoms with Crippen LogP contribution in [0.3, 0.4) is 0 Å². The lowest BCUT2D eigenvalue weighted by atomic mass is 9.71. The molecule has 3 nitrogen and oxygen atoms in total. The van der Waals surface area contributed by atoms with Crippen molar-refractivity contribution in [3.05, 3.63) is 101 Å². The summed E-state index contributed by atoms with van der Waals surface area (Å²) in [5.41, 5.74) is 0.978. The van der Waals surface area contributed by atoms with Gasteiger partial charge in [0.1, 0.15) is 5.75 Å². The minimum absolute atomic E-state index is 0.122. The highest BCUT2D eigenvalue weighted by Gasteiger charge is 2.42. The normalized spacial score (nSPS) is 14.8. The fourth-order valence-electron chi connectivity index (χ4n) is 3.83. The molecule has 4 heteroatoms. The first-order valence-electron chi connectivity index (χ1n) is 11.2. The number of esters is 1. The van der Waals surface area contributed by atoms with E-state index in [0.717, 1.165) is 24.0 Å². The minimum atomic E-state index is -0.842. The molecule has 0 fully saturated rings. The zero-order valence-electron chi connectivity index (χ0n) is 19.0. The maximum atomic E-state index is 13.7. The van der Waals surface area contributed by atoms with Gasteiger partial charge in [0.25, 0.3) is 6.29 Å². The van der Waals surface area contributed by atoms with Crippen LogP contribution in [-0.4, -0.2) is 5.97 Å². The van der Waals surface area contributed by atoms with Crippen molar-refractivity contribution in [2.75, 3.05) is 0 Å². The van der Waals surface area contributed by atoms with Gasteiger partial charge in [0.2, 0.25) is 0 Å². The molecular formula is C28H31ClO3. The summed E-state index contributed by atoms with van der Waals surface area (Å²) in [6.45, 7) is 6.15. The topological polar surface area (TPSA) is 35.5 Å². The van der Waals surface area contributed by atoms with E-state index in [1.54, 1.807) is 0 Å². The average Bonchev–Trinajstić information content (AvgIpc) is 2.83. The van der Waals surface area contributed by atoms with Crippen LogP contribution in [0.1, 0.15) is 63.4 Å². The summed E-state index contributed by atoms with van der Waals surface area (Å²) in [7, 11) is 0. The molecule has 32 heavy (non-hydrogen) atoms. The summed E-state index contributed by atoms with van der Waals surface area (Å²) in [4.78, 5) is 13.7. The second-order valence-corrected chi connectivity index (χ2v) is 8.75. The number of halogens is 1. The highest BCUT2D eigenvalue weighted by atomic mass is 35.5. The zero-order valence-corrected chi connectivity index (χ0v) is 19.7. The largest absolute Gasteiger partial charge is 0.450 e. The Morgan fingerprint density at radius 3 is 2.16 bits per heavy atom. The maximum Gasteiger partial charge on any atom is 0.315 e. The van der Waals surface area contributed by atoms with E-state index in [4.69, 9.17) is 21.1 Å². The molecule has 3 atom stereocenters. The molecule has 3 aromatic carbocycles. The molecular weight excluding hydrogens is 420 g/mol. The van der Waals surface area contributed by atoms with Crippen LogP contribution in [-0.2, 0) is 9.53 Å². The van der Waals surface area contributed by atoms with Gasteiger partial charge in [-0.3, -0.25) is 4.79 Å². The predicted octanol–water partition coefficient (Wildman–Crippen LogP) is 7.96. The van der Waals surface area contributed by atoms with Gasteiger partial charge in [-0.1, -0.05) is 105 Å². The molecule has 0 amide bonds. The van der Waals surface area contributed by atoms with Gasteiger partial charge in [0.05, 0.1) is 5.41 Å². The number of carbonyl (C=O) groups excluding carboxylic acids is 1. The lowest BCUT2D eigenvalue weighted by Gasteiger charge is -2.35. The molecule has 3 rings (SSSR count). The summed E-state index contributed by atoms with van der Waals surface area (Å²) in [6, 6.07) is 26.7. The average molecular weight is 451 g/mol. The Hall–Kier alpha value is -2.78. The monoisotopic (exact) mass is 450 g/mol. The molecule has 0 heterocycles. The van der Waals surface area contributed by atoms with Crippen LogP contribution in [0.2, 0.25) is 5.02 Å². The summed E-state index contributed by atoms with van der Waals surface area (Å²) < 4.78 is 12.2. The van der Waals surface area contributed by atoms with Gasteiger partial charge in [0.15, 0.2) is 0 Å². The maximum absolute atomic E-state index is 13.7. The standard InChI is InChI=1S/C28H31ClO3/c1-4-5-20-28(3,21(2)24-18-12-13-19-25(24)29)27(30)32-26(22-14-8-6-9-15-22)31-23-16-10-7-11-17-23/h6-19,21,26H,4-5,20H2,1-3H3. The van der Waals surface area contributed by atoms with Crippen molar-refractivity contribution in [3.63, 3.8) is 0 Å². The van der Waals surface area contributed by atoms with Gasteiger partial charge >= 0.3 is 5.97 Å². The number of hydrogen-bond donors (Lipinski definition) is 0. The van der Waals surface area contributed by atoms with Crippen LogP contribution in [0.25, 0.3) is 0 Å². The zero-order chi connectivity index (χ0) is 23.0. The number of ether oxygens (including phenoxy) is 2. The van der Waals surface area contributed by atoms with Crippen molar-refractivity contribution in [1.29, 1.82) is 0 Å². The molecule has 0 aliphatic carbocycles. The Balaban J connectivity index is 1.91. The molecule has 0 N–H and O–H groups in total. The van der Waals surface area contributed by atoms with E-state index in [0.29, 0.717) is 17.2 Å². The van der Waals surface area contributed by atoms with Crippen molar-refractivity contribution < 1.29 is 14.3 Å². The molecule has 0 saturated heterocycles. The Labute approximate surface area is 196 Å². The molecule has 3 aromatic rings. The molecule has 0 aromatic heterocycles. The van der Waals surface area contributed by atoms with Gasteiger partial charge in [-0.25, -0.2) is 0 Å². The van der Waals surface area contributed by atoms with E-state index >= 15 is 0 Å². The number of hydrogen-bond acceptors (Lipinski definition) is 3. The molecule has 168 valence electrons. The number of para-hydroxylation sites is 1.